The number of halogens is 1. The molecule has 0 radical (unpaired) electrons. The average Bonchev–Trinajstić information content (AvgIpc) is 3.06. The van der Waals surface area contributed by atoms with Crippen molar-refractivity contribution >= 4 is 11.9 Å². The number of hydrogen-bond acceptors (Lipinski definition) is 5. The van der Waals surface area contributed by atoms with Crippen molar-refractivity contribution in [1.82, 2.24) is 9.88 Å². The zero-order valence-electron chi connectivity index (χ0n) is 14.5. The van der Waals surface area contributed by atoms with Crippen LogP contribution in [0.4, 0.5) is 4.39 Å². The van der Waals surface area contributed by atoms with Crippen LogP contribution >= 0.6 is 0 Å². The first-order chi connectivity index (χ1) is 11.9. The second-order valence-electron chi connectivity index (χ2n) is 6.03. The van der Waals surface area contributed by atoms with Gasteiger partial charge >= 0.3 is 5.97 Å². The topological polar surface area (TPSA) is 72.6 Å². The molecule has 1 amide bonds. The molecule has 0 spiro atoms. The number of carbonyl (C=O) groups excluding carboxylic acids is 2. The molecular formula is C18H21FN2O4. The molecule has 1 aromatic heterocycles. The number of methoxy groups -OCH3 is 1. The lowest BCUT2D eigenvalue weighted by atomic mass is 10.1. The molecule has 0 saturated heterocycles. The lowest BCUT2D eigenvalue weighted by Gasteiger charge is -2.22. The van der Waals surface area contributed by atoms with Gasteiger partial charge in [0.25, 0.3) is 5.91 Å². The van der Waals surface area contributed by atoms with Crippen molar-refractivity contribution < 1.29 is 23.1 Å². The van der Waals surface area contributed by atoms with Crippen LogP contribution in [0.3, 0.4) is 0 Å². The molecule has 25 heavy (non-hydrogen) atoms. The molecule has 1 heterocycles. The first kappa shape index (κ1) is 18.6. The van der Waals surface area contributed by atoms with Gasteiger partial charge in [-0.05, 0) is 36.6 Å². The number of benzene rings is 1. The van der Waals surface area contributed by atoms with E-state index in [1.165, 1.54) is 37.6 Å². The summed E-state index contributed by atoms with van der Waals surface area (Å²) in [6, 6.07) is 5.37. The van der Waals surface area contributed by atoms with Crippen LogP contribution in [0, 0.1) is 11.7 Å². The molecule has 0 unspecified atom stereocenters. The summed E-state index contributed by atoms with van der Waals surface area (Å²) in [5, 5.41) is 0. The summed E-state index contributed by atoms with van der Waals surface area (Å²) in [6.07, 6.45) is 1.99. The molecule has 2 rings (SSSR count). The molecule has 0 fully saturated rings. The highest BCUT2D eigenvalue weighted by atomic mass is 19.1. The van der Waals surface area contributed by atoms with Crippen LogP contribution in [0.1, 0.15) is 47.0 Å². The summed E-state index contributed by atoms with van der Waals surface area (Å²) in [7, 11) is 1.25. The number of ether oxygens (including phenoxy) is 1. The summed E-state index contributed by atoms with van der Waals surface area (Å²) < 4.78 is 22.9. The molecule has 0 aliphatic heterocycles. The smallest absolute Gasteiger partial charge is 0.360 e. The van der Waals surface area contributed by atoms with E-state index in [-0.39, 0.29) is 24.0 Å². The number of amides is 1. The maximum atomic E-state index is 13.1. The van der Waals surface area contributed by atoms with Gasteiger partial charge in [-0.2, -0.15) is 0 Å². The third kappa shape index (κ3) is 5.14. The predicted octanol–water partition coefficient (Wildman–Crippen LogP) is 3.29. The van der Waals surface area contributed by atoms with Gasteiger partial charge in [-0.1, -0.05) is 13.8 Å². The van der Waals surface area contributed by atoms with E-state index in [0.717, 1.165) is 6.42 Å². The zero-order valence-corrected chi connectivity index (χ0v) is 14.5. The summed E-state index contributed by atoms with van der Waals surface area (Å²) in [5.41, 5.74) is 0.431. The van der Waals surface area contributed by atoms with E-state index in [4.69, 9.17) is 4.42 Å². The zero-order chi connectivity index (χ0) is 18.4. The minimum atomic E-state index is -0.603. The van der Waals surface area contributed by atoms with E-state index in [1.807, 2.05) is 0 Å². The highest BCUT2D eigenvalue weighted by Crippen LogP contribution is 2.14. The summed E-state index contributed by atoms with van der Waals surface area (Å²) in [4.78, 5) is 29.8. The summed E-state index contributed by atoms with van der Waals surface area (Å²) in [6.45, 7) is 4.71. The van der Waals surface area contributed by atoms with Crippen LogP contribution in [-0.4, -0.2) is 35.4 Å². The lowest BCUT2D eigenvalue weighted by Crippen LogP contribution is -2.32. The van der Waals surface area contributed by atoms with Crippen molar-refractivity contribution in [2.24, 2.45) is 5.92 Å². The Bertz CT molecular complexity index is 725. The van der Waals surface area contributed by atoms with Gasteiger partial charge in [0, 0.05) is 12.1 Å². The highest BCUT2D eigenvalue weighted by molar-refractivity contribution is 5.94. The first-order valence-corrected chi connectivity index (χ1v) is 7.98. The Kier molecular flexibility index (Phi) is 6.27. The Morgan fingerprint density at radius 3 is 2.56 bits per heavy atom. The van der Waals surface area contributed by atoms with Crippen molar-refractivity contribution in [2.45, 2.75) is 26.8 Å². The van der Waals surface area contributed by atoms with Crippen LogP contribution < -0.4 is 0 Å². The summed E-state index contributed by atoms with van der Waals surface area (Å²) in [5.74, 6) is -0.619. The molecule has 2 aromatic rings. The van der Waals surface area contributed by atoms with E-state index in [0.29, 0.717) is 18.0 Å². The number of aromatic nitrogens is 1. The number of rotatable bonds is 7. The fourth-order valence-electron chi connectivity index (χ4n) is 2.19. The maximum absolute atomic E-state index is 13.1. The standard InChI is InChI=1S/C18H21FN2O4/c1-12(2)8-9-21(17(22)13-4-6-14(19)7-5-13)10-16-20-15(11-25-16)18(23)24-3/h4-7,11-12H,8-10H2,1-3H3. The molecule has 0 aliphatic rings. The molecule has 0 atom stereocenters. The third-order valence-corrected chi connectivity index (χ3v) is 3.63. The average molecular weight is 348 g/mol. The second-order valence-corrected chi connectivity index (χ2v) is 6.03. The van der Waals surface area contributed by atoms with Gasteiger partial charge in [0.15, 0.2) is 5.69 Å². The predicted molar refractivity (Wildman–Crippen MR) is 88.4 cm³/mol. The molecular weight excluding hydrogens is 327 g/mol. The van der Waals surface area contributed by atoms with Gasteiger partial charge in [-0.3, -0.25) is 4.79 Å². The van der Waals surface area contributed by atoms with E-state index in [2.05, 4.69) is 23.6 Å². The number of hydrogen-bond donors (Lipinski definition) is 0. The van der Waals surface area contributed by atoms with Crippen molar-refractivity contribution in [3.05, 3.63) is 53.5 Å². The van der Waals surface area contributed by atoms with E-state index < -0.39 is 11.8 Å². The maximum Gasteiger partial charge on any atom is 0.360 e. The Labute approximate surface area is 145 Å². The van der Waals surface area contributed by atoms with Crippen molar-refractivity contribution in [3.63, 3.8) is 0 Å². The monoisotopic (exact) mass is 348 g/mol. The minimum Gasteiger partial charge on any atom is -0.464 e. The molecule has 134 valence electrons. The van der Waals surface area contributed by atoms with Crippen molar-refractivity contribution in [3.8, 4) is 0 Å². The molecule has 1 aromatic carbocycles. The quantitative estimate of drug-likeness (QED) is 0.718. The molecule has 6 nitrogen and oxygen atoms in total. The minimum absolute atomic E-state index is 0.0514. The fourth-order valence-corrected chi connectivity index (χ4v) is 2.19. The number of carbonyl (C=O) groups is 2. The summed E-state index contributed by atoms with van der Waals surface area (Å²) >= 11 is 0. The molecule has 0 N–H and O–H groups in total. The van der Waals surface area contributed by atoms with Gasteiger partial charge in [-0.25, -0.2) is 14.2 Å². The van der Waals surface area contributed by atoms with E-state index >= 15 is 0 Å². The second kappa shape index (κ2) is 8.41. The van der Waals surface area contributed by atoms with Crippen LogP contribution in [-0.2, 0) is 11.3 Å². The van der Waals surface area contributed by atoms with E-state index in [1.54, 1.807) is 4.90 Å². The third-order valence-electron chi connectivity index (χ3n) is 3.63. The highest BCUT2D eigenvalue weighted by Gasteiger charge is 2.20. The molecule has 0 bridgehead atoms. The SMILES string of the molecule is COC(=O)c1coc(CN(CCC(C)C)C(=O)c2ccc(F)cc2)n1. The molecule has 0 aliphatic carbocycles. The van der Waals surface area contributed by atoms with Gasteiger partial charge in [-0.15, -0.1) is 0 Å². The normalized spacial score (nSPS) is 10.8. The first-order valence-electron chi connectivity index (χ1n) is 7.98. The van der Waals surface area contributed by atoms with E-state index in [9.17, 15) is 14.0 Å². The number of oxazole rings is 1. The Morgan fingerprint density at radius 2 is 1.96 bits per heavy atom. The van der Waals surface area contributed by atoms with Crippen molar-refractivity contribution in [1.29, 1.82) is 0 Å². The lowest BCUT2D eigenvalue weighted by molar-refractivity contribution is 0.0594. The number of esters is 1. The van der Waals surface area contributed by atoms with Gasteiger partial charge < -0.3 is 14.1 Å². The van der Waals surface area contributed by atoms with Crippen LogP contribution in [0.5, 0.6) is 0 Å². The van der Waals surface area contributed by atoms with Gasteiger partial charge in [0.05, 0.1) is 13.7 Å². The molecule has 7 heteroatoms. The van der Waals surface area contributed by atoms with Crippen LogP contribution in [0.15, 0.2) is 34.9 Å². The van der Waals surface area contributed by atoms with Crippen molar-refractivity contribution in [2.75, 3.05) is 13.7 Å². The fraction of sp³-hybridized carbons (Fsp3) is 0.389. The van der Waals surface area contributed by atoms with Gasteiger partial charge in [0.1, 0.15) is 12.1 Å². The number of nitrogens with zero attached hydrogens (tertiary/aromatic N) is 2. The largest absolute Gasteiger partial charge is 0.464 e. The van der Waals surface area contributed by atoms with Crippen LogP contribution in [0.25, 0.3) is 0 Å². The Balaban J connectivity index is 2.17. The molecule has 0 saturated carbocycles. The Morgan fingerprint density at radius 1 is 1.28 bits per heavy atom. The van der Waals surface area contributed by atoms with Crippen LogP contribution in [0.2, 0.25) is 0 Å². The Hall–Kier alpha value is -2.70. The van der Waals surface area contributed by atoms with Gasteiger partial charge in [0.2, 0.25) is 5.89 Å².